The summed E-state index contributed by atoms with van der Waals surface area (Å²) in [4.78, 5) is 54.5. The summed E-state index contributed by atoms with van der Waals surface area (Å²) in [6, 6.07) is -0.366. The smallest absolute Gasteiger partial charge is 0.311 e. The maximum absolute atomic E-state index is 12.7. The molecule has 0 aromatic rings. The maximum atomic E-state index is 12.7. The normalized spacial score (nSPS) is 30.7. The molecule has 154 valence electrons. The summed E-state index contributed by atoms with van der Waals surface area (Å²) < 4.78 is 0. The van der Waals surface area contributed by atoms with Crippen LogP contribution in [0.2, 0.25) is 0 Å². The van der Waals surface area contributed by atoms with Crippen LogP contribution in [0.15, 0.2) is 0 Å². The van der Waals surface area contributed by atoms with Gasteiger partial charge >= 0.3 is 11.8 Å². The lowest BCUT2D eigenvalue weighted by atomic mass is 10.0. The van der Waals surface area contributed by atoms with Gasteiger partial charge in [0.25, 0.3) is 0 Å². The summed E-state index contributed by atoms with van der Waals surface area (Å²) in [6.07, 6.45) is 2.42. The van der Waals surface area contributed by atoms with Crippen molar-refractivity contribution in [3.63, 3.8) is 0 Å². The van der Waals surface area contributed by atoms with Crippen molar-refractivity contribution in [2.45, 2.75) is 38.3 Å². The third-order valence-electron chi connectivity index (χ3n) is 6.71. The minimum atomic E-state index is -0.686. The van der Waals surface area contributed by atoms with Crippen LogP contribution in [0.5, 0.6) is 0 Å². The number of hydrogen-bond donors (Lipinski definition) is 2. The average Bonchev–Trinajstić information content (AvgIpc) is 3.35. The molecule has 2 N–H and O–H groups in total. The Kier molecular flexibility index (Phi) is 5.27. The third-order valence-corrected chi connectivity index (χ3v) is 6.71. The molecule has 4 amide bonds. The van der Waals surface area contributed by atoms with E-state index in [0.29, 0.717) is 39.1 Å². The molecule has 4 aliphatic heterocycles. The number of piperidine rings is 1. The van der Waals surface area contributed by atoms with E-state index < -0.39 is 17.9 Å². The molecule has 0 spiro atoms. The van der Waals surface area contributed by atoms with Crippen molar-refractivity contribution < 1.29 is 19.2 Å². The Morgan fingerprint density at radius 2 is 1.57 bits per heavy atom. The molecule has 4 rings (SSSR count). The SMILES string of the molecule is CC(=O)N1C[C@@H]2CN(C(=O)C(=O)NC3CCN(C4CCNCC4)C3=O)C[C@@H]2C1. The first-order valence-corrected chi connectivity index (χ1v) is 10.3. The minimum absolute atomic E-state index is 0.0584. The fraction of sp³-hybridized carbons (Fsp3) is 0.789. The van der Waals surface area contributed by atoms with E-state index in [9.17, 15) is 19.2 Å². The second-order valence-corrected chi connectivity index (χ2v) is 8.48. The predicted molar refractivity (Wildman–Crippen MR) is 100.0 cm³/mol. The quantitative estimate of drug-likeness (QED) is 0.552. The zero-order valence-electron chi connectivity index (χ0n) is 16.4. The van der Waals surface area contributed by atoms with Crippen LogP contribution in [0.3, 0.4) is 0 Å². The summed E-state index contributed by atoms with van der Waals surface area (Å²) in [5, 5.41) is 5.95. The van der Waals surface area contributed by atoms with Crippen LogP contribution in [-0.4, -0.2) is 96.2 Å². The third kappa shape index (κ3) is 3.59. The predicted octanol–water partition coefficient (Wildman–Crippen LogP) is -1.61. The first-order chi connectivity index (χ1) is 13.4. The molecule has 4 heterocycles. The van der Waals surface area contributed by atoms with Crippen molar-refractivity contribution in [3.8, 4) is 0 Å². The van der Waals surface area contributed by atoms with Crippen molar-refractivity contribution in [2.75, 3.05) is 45.8 Å². The van der Waals surface area contributed by atoms with Crippen LogP contribution in [0.1, 0.15) is 26.2 Å². The van der Waals surface area contributed by atoms with E-state index in [1.54, 1.807) is 11.8 Å². The average molecular weight is 391 g/mol. The Labute approximate surface area is 164 Å². The highest BCUT2D eigenvalue weighted by atomic mass is 16.2. The van der Waals surface area contributed by atoms with Gasteiger partial charge in [0.15, 0.2) is 0 Å². The summed E-state index contributed by atoms with van der Waals surface area (Å²) in [5.41, 5.74) is 0. The molecule has 4 aliphatic rings. The van der Waals surface area contributed by atoms with Crippen molar-refractivity contribution in [2.24, 2.45) is 11.8 Å². The number of carbonyl (C=O) groups excluding carboxylic acids is 4. The van der Waals surface area contributed by atoms with Gasteiger partial charge in [0.1, 0.15) is 6.04 Å². The number of nitrogens with zero attached hydrogens (tertiary/aromatic N) is 3. The zero-order valence-corrected chi connectivity index (χ0v) is 16.4. The summed E-state index contributed by atoms with van der Waals surface area (Å²) in [5.74, 6) is -0.773. The molecular formula is C19H29N5O4. The Morgan fingerprint density at radius 1 is 0.964 bits per heavy atom. The number of amides is 4. The van der Waals surface area contributed by atoms with Gasteiger partial charge in [0.2, 0.25) is 11.8 Å². The maximum Gasteiger partial charge on any atom is 0.311 e. The van der Waals surface area contributed by atoms with Crippen LogP contribution in [-0.2, 0) is 19.2 Å². The van der Waals surface area contributed by atoms with Gasteiger partial charge in [0.05, 0.1) is 0 Å². The van der Waals surface area contributed by atoms with Crippen LogP contribution < -0.4 is 10.6 Å². The molecule has 0 aliphatic carbocycles. The van der Waals surface area contributed by atoms with E-state index >= 15 is 0 Å². The molecule has 0 aromatic carbocycles. The van der Waals surface area contributed by atoms with Gasteiger partial charge in [-0.3, -0.25) is 19.2 Å². The van der Waals surface area contributed by atoms with Gasteiger partial charge < -0.3 is 25.3 Å². The van der Waals surface area contributed by atoms with Gasteiger partial charge in [-0.05, 0) is 32.4 Å². The van der Waals surface area contributed by atoms with E-state index in [4.69, 9.17) is 0 Å². The summed E-state index contributed by atoms with van der Waals surface area (Å²) in [6.45, 7) is 6.31. The van der Waals surface area contributed by atoms with Crippen LogP contribution >= 0.6 is 0 Å². The van der Waals surface area contributed by atoms with Crippen molar-refractivity contribution in [3.05, 3.63) is 0 Å². The molecule has 1 unspecified atom stereocenters. The fourth-order valence-corrected chi connectivity index (χ4v) is 5.10. The van der Waals surface area contributed by atoms with E-state index in [1.165, 1.54) is 0 Å². The largest absolute Gasteiger partial charge is 0.342 e. The zero-order chi connectivity index (χ0) is 19.8. The number of nitrogens with one attached hydrogen (secondary N) is 2. The molecule has 28 heavy (non-hydrogen) atoms. The first-order valence-electron chi connectivity index (χ1n) is 10.3. The van der Waals surface area contributed by atoms with Gasteiger partial charge in [-0.2, -0.15) is 0 Å². The Hall–Kier alpha value is -2.16. The lowest BCUT2D eigenvalue weighted by Crippen LogP contribution is -2.51. The molecule has 4 saturated heterocycles. The fourth-order valence-electron chi connectivity index (χ4n) is 5.10. The van der Waals surface area contributed by atoms with Crippen molar-refractivity contribution in [1.82, 2.24) is 25.3 Å². The number of fused-ring (bicyclic) bond motifs is 1. The molecule has 3 atom stereocenters. The molecule has 4 fully saturated rings. The molecule has 0 saturated carbocycles. The number of hydrogen-bond acceptors (Lipinski definition) is 5. The van der Waals surface area contributed by atoms with Crippen LogP contribution in [0, 0.1) is 11.8 Å². The number of carbonyl (C=O) groups is 4. The lowest BCUT2D eigenvalue weighted by molar-refractivity contribution is -0.146. The first kappa shape index (κ1) is 19.2. The highest BCUT2D eigenvalue weighted by Gasteiger charge is 2.44. The number of rotatable bonds is 2. The van der Waals surface area contributed by atoms with Gasteiger partial charge in [-0.25, -0.2) is 0 Å². The Balaban J connectivity index is 1.28. The highest BCUT2D eigenvalue weighted by Crippen LogP contribution is 2.31. The molecule has 0 bridgehead atoms. The van der Waals surface area contributed by atoms with Gasteiger partial charge in [-0.1, -0.05) is 0 Å². The van der Waals surface area contributed by atoms with Crippen molar-refractivity contribution >= 4 is 23.6 Å². The van der Waals surface area contributed by atoms with Crippen molar-refractivity contribution in [1.29, 1.82) is 0 Å². The summed E-state index contributed by atoms with van der Waals surface area (Å²) in [7, 11) is 0. The second kappa shape index (κ2) is 7.69. The molecular weight excluding hydrogens is 362 g/mol. The standard InChI is InChI=1S/C19H29N5O4/c1-12(25)22-8-13-10-23(11-14(13)9-22)19(28)17(26)21-16-4-7-24(18(16)27)15-2-5-20-6-3-15/h13-16,20H,2-11H2,1H3,(H,21,26)/t13-,14+,16?. The van der Waals surface area contributed by atoms with Gasteiger partial charge in [-0.15, -0.1) is 0 Å². The monoisotopic (exact) mass is 391 g/mol. The molecule has 9 nitrogen and oxygen atoms in total. The van der Waals surface area contributed by atoms with Crippen LogP contribution in [0.25, 0.3) is 0 Å². The topological polar surface area (TPSA) is 102 Å². The van der Waals surface area contributed by atoms with Gasteiger partial charge in [0, 0.05) is 57.5 Å². The molecule has 0 aromatic heterocycles. The Morgan fingerprint density at radius 3 is 2.18 bits per heavy atom. The number of likely N-dealkylation sites (tertiary alicyclic amines) is 3. The van der Waals surface area contributed by atoms with E-state index in [0.717, 1.165) is 25.9 Å². The molecule has 9 heteroatoms. The molecule has 0 radical (unpaired) electrons. The minimum Gasteiger partial charge on any atom is -0.342 e. The highest BCUT2D eigenvalue weighted by molar-refractivity contribution is 6.35. The Bertz CT molecular complexity index is 663. The van der Waals surface area contributed by atoms with E-state index in [2.05, 4.69) is 10.6 Å². The van der Waals surface area contributed by atoms with E-state index in [-0.39, 0.29) is 29.7 Å². The van der Waals surface area contributed by atoms with Crippen LogP contribution in [0.4, 0.5) is 0 Å². The van der Waals surface area contributed by atoms with E-state index in [1.807, 2.05) is 9.80 Å². The lowest BCUT2D eigenvalue weighted by Gasteiger charge is -2.31. The second-order valence-electron chi connectivity index (χ2n) is 8.48. The summed E-state index contributed by atoms with van der Waals surface area (Å²) >= 11 is 0.